The van der Waals surface area contributed by atoms with Crippen molar-refractivity contribution in [3.63, 3.8) is 0 Å². The van der Waals surface area contributed by atoms with Gasteiger partial charge in [0, 0.05) is 11.8 Å². The molecule has 0 unspecified atom stereocenters. The van der Waals surface area contributed by atoms with E-state index in [1.54, 1.807) is 25.1 Å². The Morgan fingerprint density at radius 2 is 2.16 bits per heavy atom. The fourth-order valence-electron chi connectivity index (χ4n) is 1.63. The van der Waals surface area contributed by atoms with Crippen LogP contribution >= 0.6 is 0 Å². The monoisotopic (exact) mass is 260 g/mol. The van der Waals surface area contributed by atoms with Crippen molar-refractivity contribution in [2.24, 2.45) is 0 Å². The van der Waals surface area contributed by atoms with Crippen LogP contribution in [0.3, 0.4) is 0 Å². The van der Waals surface area contributed by atoms with Gasteiger partial charge >= 0.3 is 5.97 Å². The zero-order valence-corrected chi connectivity index (χ0v) is 10.2. The first-order valence-corrected chi connectivity index (χ1v) is 5.59. The van der Waals surface area contributed by atoms with Crippen LogP contribution in [-0.4, -0.2) is 22.1 Å². The van der Waals surface area contributed by atoms with Gasteiger partial charge in [-0.2, -0.15) is 0 Å². The Labute approximate surface area is 109 Å². The number of anilines is 1. The highest BCUT2D eigenvalue weighted by molar-refractivity contribution is 5.95. The molecule has 19 heavy (non-hydrogen) atoms. The number of nitrogens with one attached hydrogen (secondary N) is 1. The molecular formula is C13H12N2O4. The maximum atomic E-state index is 11.7. The van der Waals surface area contributed by atoms with Crippen LogP contribution in [0.25, 0.3) is 0 Å². The van der Waals surface area contributed by atoms with Gasteiger partial charge in [-0.05, 0) is 24.6 Å². The average molecular weight is 260 g/mol. The fraction of sp³-hybridized carbons (Fsp3) is 0.154. The summed E-state index contributed by atoms with van der Waals surface area (Å²) in [7, 11) is 0. The average Bonchev–Trinajstić information content (AvgIpc) is 2.84. The Morgan fingerprint density at radius 1 is 1.37 bits per heavy atom. The highest BCUT2D eigenvalue weighted by Crippen LogP contribution is 2.15. The van der Waals surface area contributed by atoms with Gasteiger partial charge in [-0.25, -0.2) is 4.79 Å². The van der Waals surface area contributed by atoms with E-state index in [9.17, 15) is 9.59 Å². The molecule has 0 saturated carbocycles. The Balaban J connectivity index is 2.09. The second-order valence-electron chi connectivity index (χ2n) is 4.05. The summed E-state index contributed by atoms with van der Waals surface area (Å²) in [6, 6.07) is 6.33. The Hall–Kier alpha value is -2.63. The second kappa shape index (κ2) is 5.34. The van der Waals surface area contributed by atoms with Gasteiger partial charge in [0.15, 0.2) is 0 Å². The quantitative estimate of drug-likeness (QED) is 0.875. The first kappa shape index (κ1) is 12.8. The number of hydrogen-bond acceptors (Lipinski definition) is 4. The lowest BCUT2D eigenvalue weighted by Crippen LogP contribution is -2.15. The van der Waals surface area contributed by atoms with Crippen LogP contribution in [-0.2, 0) is 11.2 Å². The van der Waals surface area contributed by atoms with E-state index in [0.29, 0.717) is 16.9 Å². The van der Waals surface area contributed by atoms with Gasteiger partial charge in [0.05, 0.1) is 17.7 Å². The highest BCUT2D eigenvalue weighted by Gasteiger charge is 2.10. The molecule has 6 heteroatoms. The van der Waals surface area contributed by atoms with Gasteiger partial charge in [0.2, 0.25) is 5.91 Å². The lowest BCUT2D eigenvalue weighted by Gasteiger charge is -2.07. The molecule has 1 heterocycles. The molecule has 0 fully saturated rings. The van der Waals surface area contributed by atoms with E-state index >= 15 is 0 Å². The molecular weight excluding hydrogens is 248 g/mol. The number of aryl methyl sites for hydroxylation is 1. The predicted octanol–water partition coefficient (Wildman–Crippen LogP) is 1.86. The van der Waals surface area contributed by atoms with Crippen molar-refractivity contribution in [2.75, 3.05) is 5.32 Å². The van der Waals surface area contributed by atoms with Gasteiger partial charge in [-0.3, -0.25) is 4.79 Å². The van der Waals surface area contributed by atoms with Crippen molar-refractivity contribution in [3.05, 3.63) is 47.3 Å². The van der Waals surface area contributed by atoms with E-state index in [4.69, 9.17) is 5.11 Å². The highest BCUT2D eigenvalue weighted by atomic mass is 16.5. The lowest BCUT2D eigenvalue weighted by atomic mass is 10.1. The fourth-order valence-corrected chi connectivity index (χ4v) is 1.63. The van der Waals surface area contributed by atoms with Gasteiger partial charge in [0.1, 0.15) is 6.26 Å². The maximum Gasteiger partial charge on any atom is 0.336 e. The minimum Gasteiger partial charge on any atom is -0.478 e. The summed E-state index contributed by atoms with van der Waals surface area (Å²) in [6.45, 7) is 1.70. The zero-order valence-electron chi connectivity index (χ0n) is 10.2. The number of aromatic carboxylic acids is 1. The minimum atomic E-state index is -1.02. The van der Waals surface area contributed by atoms with Crippen LogP contribution in [0.1, 0.15) is 21.6 Å². The number of carboxylic acid groups (broad SMARTS) is 1. The summed E-state index contributed by atoms with van der Waals surface area (Å²) < 4.78 is 4.62. The van der Waals surface area contributed by atoms with Gasteiger partial charge in [0.25, 0.3) is 0 Å². The van der Waals surface area contributed by atoms with Crippen molar-refractivity contribution in [2.45, 2.75) is 13.3 Å². The topological polar surface area (TPSA) is 92.4 Å². The van der Waals surface area contributed by atoms with Crippen molar-refractivity contribution in [3.8, 4) is 0 Å². The SMILES string of the molecule is Cc1ccc(NC(=O)Cc2ccon2)cc1C(=O)O. The molecule has 0 radical (unpaired) electrons. The molecule has 1 aromatic carbocycles. The summed E-state index contributed by atoms with van der Waals surface area (Å²) in [5.41, 5.74) is 1.76. The van der Waals surface area contributed by atoms with E-state index in [-0.39, 0.29) is 17.9 Å². The second-order valence-corrected chi connectivity index (χ2v) is 4.05. The third-order valence-corrected chi connectivity index (χ3v) is 2.58. The first-order valence-electron chi connectivity index (χ1n) is 5.59. The molecule has 0 aliphatic rings. The molecule has 0 saturated heterocycles. The molecule has 1 aromatic heterocycles. The number of rotatable bonds is 4. The Kier molecular flexibility index (Phi) is 3.61. The van der Waals surface area contributed by atoms with Crippen molar-refractivity contribution in [1.29, 1.82) is 0 Å². The molecule has 6 nitrogen and oxygen atoms in total. The molecule has 98 valence electrons. The van der Waals surface area contributed by atoms with E-state index in [1.807, 2.05) is 0 Å². The lowest BCUT2D eigenvalue weighted by molar-refractivity contribution is -0.115. The van der Waals surface area contributed by atoms with Gasteiger partial charge in [-0.15, -0.1) is 0 Å². The van der Waals surface area contributed by atoms with Gasteiger partial charge < -0.3 is 14.9 Å². The van der Waals surface area contributed by atoms with Crippen molar-refractivity contribution < 1.29 is 19.2 Å². The minimum absolute atomic E-state index is 0.0762. The molecule has 0 spiro atoms. The molecule has 0 atom stereocenters. The predicted molar refractivity (Wildman–Crippen MR) is 67.0 cm³/mol. The normalized spacial score (nSPS) is 10.2. The third-order valence-electron chi connectivity index (χ3n) is 2.58. The van der Waals surface area contributed by atoms with Crippen LogP contribution in [0.4, 0.5) is 5.69 Å². The molecule has 2 rings (SSSR count). The summed E-state index contributed by atoms with van der Waals surface area (Å²) >= 11 is 0. The van der Waals surface area contributed by atoms with Crippen LogP contribution < -0.4 is 5.32 Å². The van der Waals surface area contributed by atoms with E-state index in [2.05, 4.69) is 15.0 Å². The largest absolute Gasteiger partial charge is 0.478 e. The smallest absolute Gasteiger partial charge is 0.336 e. The van der Waals surface area contributed by atoms with Crippen LogP contribution in [0.15, 0.2) is 35.1 Å². The molecule has 1 amide bonds. The van der Waals surface area contributed by atoms with E-state index in [1.165, 1.54) is 12.3 Å². The molecule has 2 N–H and O–H groups in total. The number of benzene rings is 1. The molecule has 0 bridgehead atoms. The summed E-state index contributed by atoms with van der Waals surface area (Å²) in [5, 5.41) is 15.2. The first-order chi connectivity index (χ1) is 9.06. The number of aromatic nitrogens is 1. The third kappa shape index (κ3) is 3.19. The molecule has 0 aliphatic carbocycles. The number of carbonyl (C=O) groups excluding carboxylic acids is 1. The number of amides is 1. The summed E-state index contributed by atoms with van der Waals surface area (Å²) in [5.74, 6) is -1.31. The Morgan fingerprint density at radius 3 is 2.79 bits per heavy atom. The summed E-state index contributed by atoms with van der Waals surface area (Å²) in [6.07, 6.45) is 1.46. The van der Waals surface area contributed by atoms with Gasteiger partial charge in [-0.1, -0.05) is 11.2 Å². The Bertz CT molecular complexity index is 605. The van der Waals surface area contributed by atoms with Crippen LogP contribution in [0, 0.1) is 6.92 Å². The van der Waals surface area contributed by atoms with Crippen LogP contribution in [0.2, 0.25) is 0 Å². The van der Waals surface area contributed by atoms with Crippen molar-refractivity contribution >= 4 is 17.6 Å². The number of nitrogens with zero attached hydrogens (tertiary/aromatic N) is 1. The van der Waals surface area contributed by atoms with Crippen LogP contribution in [0.5, 0.6) is 0 Å². The standard InChI is InChI=1S/C13H12N2O4/c1-8-2-3-9(6-11(8)13(17)18)14-12(16)7-10-4-5-19-15-10/h2-6H,7H2,1H3,(H,14,16)(H,17,18). The number of hydrogen-bond donors (Lipinski definition) is 2. The summed E-state index contributed by atoms with van der Waals surface area (Å²) in [4.78, 5) is 22.7. The number of carbonyl (C=O) groups is 2. The molecule has 2 aromatic rings. The molecule has 0 aliphatic heterocycles. The maximum absolute atomic E-state index is 11.7. The number of carboxylic acids is 1. The zero-order chi connectivity index (χ0) is 13.8. The van der Waals surface area contributed by atoms with E-state index in [0.717, 1.165) is 0 Å². The van der Waals surface area contributed by atoms with Crippen molar-refractivity contribution in [1.82, 2.24) is 5.16 Å². The van der Waals surface area contributed by atoms with E-state index < -0.39 is 5.97 Å².